The number of nitrogens with one attached hydrogen (secondary N) is 1. The maximum absolute atomic E-state index is 13.5. The SMILES string of the molecule is Cn1c(=O)c(C(=O)CC(Nc2ccccc2Br)c2ccc3c(c2)OCO3)c(O)c2ccccc21. The van der Waals surface area contributed by atoms with E-state index in [0.717, 1.165) is 15.7 Å². The molecule has 2 heterocycles. The number of fused-ring (bicyclic) bond motifs is 2. The largest absolute Gasteiger partial charge is 0.506 e. The standard InChI is InChI=1S/C26H21BrN2O5/c1-29-20-9-5-2-6-16(20)25(31)24(26(29)32)21(30)13-19(28-18-8-4-3-7-17(18)27)15-10-11-22-23(12-15)34-14-33-22/h2-12,19,28,31H,13-14H2,1H3. The Balaban J connectivity index is 1.56. The first-order chi connectivity index (χ1) is 16.4. The highest BCUT2D eigenvalue weighted by atomic mass is 79.9. The highest BCUT2D eigenvalue weighted by molar-refractivity contribution is 9.10. The molecule has 4 aromatic rings. The number of carbonyl (C=O) groups is 1. The number of benzene rings is 3. The quantitative estimate of drug-likeness (QED) is 0.341. The van der Waals surface area contributed by atoms with Gasteiger partial charge in [-0.05, 0) is 57.9 Å². The highest BCUT2D eigenvalue weighted by Gasteiger charge is 2.26. The normalized spacial score (nSPS) is 13.1. The third-order valence-electron chi connectivity index (χ3n) is 5.95. The van der Waals surface area contributed by atoms with Crippen molar-refractivity contribution in [2.45, 2.75) is 12.5 Å². The number of nitrogens with zero attached hydrogens (tertiary/aromatic N) is 1. The van der Waals surface area contributed by atoms with Crippen molar-refractivity contribution >= 4 is 38.3 Å². The van der Waals surface area contributed by atoms with Crippen molar-refractivity contribution in [3.63, 3.8) is 0 Å². The summed E-state index contributed by atoms with van der Waals surface area (Å²) in [6.45, 7) is 0.140. The van der Waals surface area contributed by atoms with Gasteiger partial charge < -0.3 is 24.5 Å². The van der Waals surface area contributed by atoms with Crippen molar-refractivity contribution in [2.75, 3.05) is 12.1 Å². The van der Waals surface area contributed by atoms with Gasteiger partial charge in [0.15, 0.2) is 17.3 Å². The zero-order valence-corrected chi connectivity index (χ0v) is 19.8. The Morgan fingerprint density at radius 2 is 1.82 bits per heavy atom. The molecule has 5 rings (SSSR count). The van der Waals surface area contributed by atoms with E-state index in [1.807, 2.05) is 36.4 Å². The average molecular weight is 521 g/mol. The van der Waals surface area contributed by atoms with E-state index in [4.69, 9.17) is 9.47 Å². The van der Waals surface area contributed by atoms with Crippen LogP contribution in [0.5, 0.6) is 17.2 Å². The molecule has 1 atom stereocenters. The van der Waals surface area contributed by atoms with Crippen molar-refractivity contribution < 1.29 is 19.4 Å². The summed E-state index contributed by atoms with van der Waals surface area (Å²) in [5.41, 5.74) is 1.37. The number of aryl methyl sites for hydroxylation is 1. The van der Waals surface area contributed by atoms with Crippen molar-refractivity contribution in [3.8, 4) is 17.2 Å². The molecule has 0 radical (unpaired) electrons. The monoisotopic (exact) mass is 520 g/mol. The van der Waals surface area contributed by atoms with E-state index in [2.05, 4.69) is 21.2 Å². The molecule has 1 aliphatic rings. The average Bonchev–Trinajstić information content (AvgIpc) is 3.32. The van der Waals surface area contributed by atoms with Crippen molar-refractivity contribution in [2.24, 2.45) is 7.05 Å². The predicted molar refractivity (Wildman–Crippen MR) is 133 cm³/mol. The Hall–Kier alpha value is -3.78. The Bertz CT molecular complexity index is 1480. The number of para-hydroxylation sites is 2. The molecule has 1 aromatic heterocycles. The third-order valence-corrected chi connectivity index (χ3v) is 6.64. The van der Waals surface area contributed by atoms with E-state index in [1.54, 1.807) is 37.4 Å². The van der Waals surface area contributed by atoms with Crippen molar-refractivity contribution in [1.29, 1.82) is 0 Å². The van der Waals surface area contributed by atoms with Crippen molar-refractivity contribution in [1.82, 2.24) is 4.57 Å². The number of hydrogen-bond acceptors (Lipinski definition) is 6. The maximum Gasteiger partial charge on any atom is 0.265 e. The van der Waals surface area contributed by atoms with Crippen LogP contribution in [0, 0.1) is 0 Å². The zero-order chi connectivity index (χ0) is 23.8. The molecule has 0 spiro atoms. The summed E-state index contributed by atoms with van der Waals surface area (Å²) >= 11 is 3.53. The molecule has 1 aliphatic heterocycles. The lowest BCUT2D eigenvalue weighted by Crippen LogP contribution is -2.26. The van der Waals surface area contributed by atoms with Gasteiger partial charge in [-0.2, -0.15) is 0 Å². The number of Topliss-reactive ketones (excluding diaryl/α,β-unsaturated/α-hetero) is 1. The Morgan fingerprint density at radius 3 is 2.65 bits per heavy atom. The number of ketones is 1. The first-order valence-corrected chi connectivity index (χ1v) is 11.5. The summed E-state index contributed by atoms with van der Waals surface area (Å²) in [5, 5.41) is 14.7. The summed E-state index contributed by atoms with van der Waals surface area (Å²) in [7, 11) is 1.59. The molecule has 8 heteroatoms. The summed E-state index contributed by atoms with van der Waals surface area (Å²) in [5.74, 6) is 0.462. The smallest absolute Gasteiger partial charge is 0.265 e. The Morgan fingerprint density at radius 1 is 1.09 bits per heavy atom. The molecule has 1 unspecified atom stereocenters. The second-order valence-electron chi connectivity index (χ2n) is 8.02. The van der Waals surface area contributed by atoms with Crippen LogP contribution in [-0.2, 0) is 7.05 Å². The summed E-state index contributed by atoms with van der Waals surface area (Å²) in [6.07, 6.45) is -0.0673. The van der Waals surface area contributed by atoms with Crippen molar-refractivity contribution in [3.05, 3.63) is 92.7 Å². The molecular formula is C26H21BrN2O5. The van der Waals surface area contributed by atoms with Gasteiger partial charge in [0.1, 0.15) is 11.3 Å². The van der Waals surface area contributed by atoms with Crippen LogP contribution in [0.25, 0.3) is 10.9 Å². The number of hydrogen-bond donors (Lipinski definition) is 2. The summed E-state index contributed by atoms with van der Waals surface area (Å²) in [6, 6.07) is 19.5. The van der Waals surface area contributed by atoms with E-state index < -0.39 is 17.4 Å². The van der Waals surface area contributed by atoms with Gasteiger partial charge in [-0.25, -0.2) is 0 Å². The van der Waals surface area contributed by atoms with Crippen LogP contribution in [0.2, 0.25) is 0 Å². The minimum absolute atomic E-state index is 0.0673. The number of pyridine rings is 1. The molecule has 0 fully saturated rings. The Labute approximate surface area is 203 Å². The lowest BCUT2D eigenvalue weighted by atomic mass is 9.96. The molecule has 0 aliphatic carbocycles. The summed E-state index contributed by atoms with van der Waals surface area (Å²) < 4.78 is 13.1. The number of anilines is 1. The zero-order valence-electron chi connectivity index (χ0n) is 18.2. The lowest BCUT2D eigenvalue weighted by molar-refractivity contribution is 0.0972. The van der Waals surface area contributed by atoms with Gasteiger partial charge in [-0.15, -0.1) is 0 Å². The summed E-state index contributed by atoms with van der Waals surface area (Å²) in [4.78, 5) is 26.5. The second kappa shape index (κ2) is 8.87. The lowest BCUT2D eigenvalue weighted by Gasteiger charge is -2.21. The first kappa shape index (κ1) is 22.0. The van der Waals surface area contributed by atoms with Gasteiger partial charge >= 0.3 is 0 Å². The topological polar surface area (TPSA) is 89.8 Å². The highest BCUT2D eigenvalue weighted by Crippen LogP contribution is 2.37. The fourth-order valence-corrected chi connectivity index (χ4v) is 4.57. The molecule has 2 N–H and O–H groups in total. The molecule has 0 amide bonds. The number of carbonyl (C=O) groups excluding carboxylic acids is 1. The van der Waals surface area contributed by atoms with Crippen LogP contribution in [0.4, 0.5) is 5.69 Å². The third kappa shape index (κ3) is 3.90. The van der Waals surface area contributed by atoms with E-state index in [1.165, 1.54) is 4.57 Å². The van der Waals surface area contributed by atoms with Gasteiger partial charge in [-0.3, -0.25) is 9.59 Å². The molecule has 34 heavy (non-hydrogen) atoms. The maximum atomic E-state index is 13.5. The molecular weight excluding hydrogens is 500 g/mol. The number of halogens is 1. The van der Waals surface area contributed by atoms with Gasteiger partial charge in [0.05, 0.1) is 11.6 Å². The predicted octanol–water partition coefficient (Wildman–Crippen LogP) is 5.16. The van der Waals surface area contributed by atoms with E-state index in [9.17, 15) is 14.7 Å². The Kier molecular flexibility index (Phi) is 5.75. The number of ether oxygens (including phenoxy) is 2. The fraction of sp³-hybridized carbons (Fsp3) is 0.154. The van der Waals surface area contributed by atoms with Crippen LogP contribution < -0.4 is 20.3 Å². The minimum Gasteiger partial charge on any atom is -0.506 e. The number of aromatic nitrogens is 1. The van der Waals surface area contributed by atoms with Gasteiger partial charge in [0.2, 0.25) is 6.79 Å². The van der Waals surface area contributed by atoms with E-state index >= 15 is 0 Å². The number of aromatic hydroxyl groups is 1. The van der Waals surface area contributed by atoms with E-state index in [-0.39, 0.29) is 24.5 Å². The molecule has 7 nitrogen and oxygen atoms in total. The van der Waals surface area contributed by atoms with Crippen LogP contribution in [0.15, 0.2) is 76.0 Å². The van der Waals surface area contributed by atoms with Crippen LogP contribution in [-0.4, -0.2) is 22.2 Å². The van der Waals surface area contributed by atoms with Crippen LogP contribution in [0.1, 0.15) is 28.4 Å². The molecule has 172 valence electrons. The molecule has 0 saturated heterocycles. The van der Waals surface area contributed by atoms with Gasteiger partial charge in [0, 0.05) is 29.0 Å². The van der Waals surface area contributed by atoms with Crippen LogP contribution in [0.3, 0.4) is 0 Å². The first-order valence-electron chi connectivity index (χ1n) is 10.7. The molecule has 0 bridgehead atoms. The second-order valence-corrected chi connectivity index (χ2v) is 8.88. The van der Waals surface area contributed by atoms with Crippen LogP contribution >= 0.6 is 15.9 Å². The van der Waals surface area contributed by atoms with Gasteiger partial charge in [-0.1, -0.05) is 30.3 Å². The molecule has 0 saturated carbocycles. The minimum atomic E-state index is -0.536. The van der Waals surface area contributed by atoms with Gasteiger partial charge in [0.25, 0.3) is 5.56 Å². The molecule has 3 aromatic carbocycles. The number of rotatable bonds is 6. The fourth-order valence-electron chi connectivity index (χ4n) is 4.17. The van der Waals surface area contributed by atoms with E-state index in [0.29, 0.717) is 22.4 Å².